The van der Waals surface area contributed by atoms with Gasteiger partial charge in [-0.15, -0.1) is 5.10 Å². The fourth-order valence-electron chi connectivity index (χ4n) is 2.98. The largest absolute Gasteiger partial charge is 0.354 e. The summed E-state index contributed by atoms with van der Waals surface area (Å²) in [5, 5.41) is 7.57. The van der Waals surface area contributed by atoms with E-state index in [1.54, 1.807) is 24.4 Å². The van der Waals surface area contributed by atoms with Gasteiger partial charge in [0.15, 0.2) is 0 Å². The summed E-state index contributed by atoms with van der Waals surface area (Å²) in [7, 11) is 0. The molecule has 1 fully saturated rings. The van der Waals surface area contributed by atoms with E-state index in [4.69, 9.17) is 4.74 Å². The van der Waals surface area contributed by atoms with Crippen LogP contribution in [0.4, 0.5) is 13.2 Å². The van der Waals surface area contributed by atoms with Gasteiger partial charge in [0.25, 0.3) is 0 Å². The van der Waals surface area contributed by atoms with Gasteiger partial charge in [0.2, 0.25) is 0 Å². The number of nitrogens with zero attached hydrogens (tertiary/aromatic N) is 3. The van der Waals surface area contributed by atoms with E-state index in [2.05, 4.69) is 10.3 Å². The van der Waals surface area contributed by atoms with Gasteiger partial charge in [0.1, 0.15) is 29.2 Å². The van der Waals surface area contributed by atoms with Crippen LogP contribution in [0.5, 0.6) is 0 Å². The Bertz CT molecular complexity index is 885. The van der Waals surface area contributed by atoms with Crippen LogP contribution in [0.3, 0.4) is 0 Å². The first kappa shape index (κ1) is 14.9. The lowest BCUT2D eigenvalue weighted by Crippen LogP contribution is -2.21. The lowest BCUT2D eigenvalue weighted by Gasteiger charge is -2.15. The van der Waals surface area contributed by atoms with Gasteiger partial charge in [-0.2, -0.15) is 0 Å². The number of benzene rings is 2. The molecule has 4 rings (SSSR count). The maximum absolute atomic E-state index is 14.3. The summed E-state index contributed by atoms with van der Waals surface area (Å²) in [6.07, 6.45) is 2.39. The molecule has 0 aliphatic carbocycles. The molecule has 3 aromatic rings. The monoisotopic (exact) mass is 331 g/mol. The zero-order valence-electron chi connectivity index (χ0n) is 12.4. The molecule has 1 aliphatic rings. The third kappa shape index (κ3) is 2.37. The number of epoxide rings is 1. The number of hydrogen-bond acceptors (Lipinski definition) is 3. The van der Waals surface area contributed by atoms with Gasteiger partial charge >= 0.3 is 0 Å². The Hall–Kier alpha value is -2.67. The third-order valence-corrected chi connectivity index (χ3v) is 4.14. The van der Waals surface area contributed by atoms with E-state index in [9.17, 15) is 13.2 Å². The van der Waals surface area contributed by atoms with Crippen molar-refractivity contribution in [3.63, 3.8) is 0 Å². The predicted molar refractivity (Wildman–Crippen MR) is 78.3 cm³/mol. The van der Waals surface area contributed by atoms with Crippen molar-refractivity contribution in [2.75, 3.05) is 0 Å². The van der Waals surface area contributed by atoms with Crippen LogP contribution in [0.15, 0.2) is 54.9 Å². The molecule has 24 heavy (non-hydrogen) atoms. The predicted octanol–water partition coefficient (Wildman–Crippen LogP) is 3.36. The molecule has 0 N–H and O–H groups in total. The fraction of sp³-hybridized carbons (Fsp3) is 0.176. The summed E-state index contributed by atoms with van der Waals surface area (Å²) in [6.45, 7) is 0.133. The maximum atomic E-state index is 14.3. The fourth-order valence-corrected chi connectivity index (χ4v) is 2.98. The molecule has 1 aromatic heterocycles. The van der Waals surface area contributed by atoms with E-state index in [1.807, 2.05) is 0 Å². The Morgan fingerprint density at radius 1 is 1.08 bits per heavy atom. The number of aromatic nitrogens is 3. The van der Waals surface area contributed by atoms with Gasteiger partial charge in [0, 0.05) is 23.4 Å². The summed E-state index contributed by atoms with van der Waals surface area (Å²) < 4.78 is 48.9. The molecule has 0 unspecified atom stereocenters. The van der Waals surface area contributed by atoms with Crippen molar-refractivity contribution in [3.05, 3.63) is 83.4 Å². The lowest BCUT2D eigenvalue weighted by atomic mass is 9.91. The van der Waals surface area contributed by atoms with Crippen LogP contribution in [0.25, 0.3) is 0 Å². The van der Waals surface area contributed by atoms with Gasteiger partial charge in [-0.25, -0.2) is 17.9 Å². The average molecular weight is 331 g/mol. The van der Waals surface area contributed by atoms with Gasteiger partial charge < -0.3 is 4.74 Å². The quantitative estimate of drug-likeness (QED) is 0.689. The minimum atomic E-state index is -1.16. The second-order valence-electron chi connectivity index (χ2n) is 5.63. The summed E-state index contributed by atoms with van der Waals surface area (Å²) in [5.74, 6) is -1.87. The Labute approximate surface area is 135 Å². The van der Waals surface area contributed by atoms with Crippen molar-refractivity contribution in [3.8, 4) is 0 Å². The van der Waals surface area contributed by atoms with Crippen LogP contribution in [-0.2, 0) is 16.9 Å². The molecule has 0 amide bonds. The second-order valence-corrected chi connectivity index (χ2v) is 5.63. The second kappa shape index (κ2) is 5.45. The van der Waals surface area contributed by atoms with Crippen LogP contribution in [-0.4, -0.2) is 15.0 Å². The van der Waals surface area contributed by atoms with Gasteiger partial charge in [0.05, 0.1) is 12.7 Å². The Morgan fingerprint density at radius 3 is 2.62 bits per heavy atom. The van der Waals surface area contributed by atoms with Gasteiger partial charge in [-0.3, -0.25) is 0 Å². The van der Waals surface area contributed by atoms with E-state index >= 15 is 0 Å². The highest BCUT2D eigenvalue weighted by Gasteiger charge is 2.61. The standard InChI is InChI=1S/C17H12F3N3O/c18-11-5-6-13(15(20)9-11)17(10-23-8-7-21-22-23)16(24-17)12-3-1-2-4-14(12)19/h1-9,16H,10H2/t16-,17-/m1/s1. The van der Waals surface area contributed by atoms with Crippen molar-refractivity contribution in [2.45, 2.75) is 18.2 Å². The molecule has 0 bridgehead atoms. The van der Waals surface area contributed by atoms with Crippen LogP contribution >= 0.6 is 0 Å². The summed E-state index contributed by atoms with van der Waals surface area (Å²) >= 11 is 0. The van der Waals surface area contributed by atoms with Crippen LogP contribution < -0.4 is 0 Å². The first-order valence-electron chi connectivity index (χ1n) is 7.32. The number of hydrogen-bond donors (Lipinski definition) is 0. The van der Waals surface area contributed by atoms with Crippen LogP contribution in [0, 0.1) is 17.5 Å². The normalized spacial score (nSPS) is 22.5. The van der Waals surface area contributed by atoms with Crippen LogP contribution in [0.1, 0.15) is 17.2 Å². The van der Waals surface area contributed by atoms with Gasteiger partial charge in [-0.1, -0.05) is 29.5 Å². The van der Waals surface area contributed by atoms with E-state index in [1.165, 1.54) is 23.0 Å². The van der Waals surface area contributed by atoms with Crippen molar-refractivity contribution >= 4 is 0 Å². The number of ether oxygens (including phenoxy) is 1. The van der Waals surface area contributed by atoms with E-state index < -0.39 is 29.2 Å². The van der Waals surface area contributed by atoms with Crippen LogP contribution in [0.2, 0.25) is 0 Å². The smallest absolute Gasteiger partial charge is 0.147 e. The first-order valence-corrected chi connectivity index (χ1v) is 7.32. The Kier molecular flexibility index (Phi) is 3.38. The van der Waals surface area contributed by atoms with Crippen molar-refractivity contribution in [2.24, 2.45) is 0 Å². The molecular formula is C17H12F3N3O. The molecule has 4 nitrogen and oxygen atoms in total. The molecule has 1 saturated heterocycles. The summed E-state index contributed by atoms with van der Waals surface area (Å²) in [5.41, 5.74) is -0.679. The maximum Gasteiger partial charge on any atom is 0.147 e. The number of rotatable bonds is 4. The van der Waals surface area contributed by atoms with E-state index in [0.717, 1.165) is 12.1 Å². The molecular weight excluding hydrogens is 319 g/mol. The molecule has 0 saturated carbocycles. The van der Waals surface area contributed by atoms with E-state index in [-0.39, 0.29) is 12.1 Å². The minimum absolute atomic E-state index is 0.133. The molecule has 7 heteroatoms. The minimum Gasteiger partial charge on any atom is -0.354 e. The highest BCUT2D eigenvalue weighted by molar-refractivity contribution is 5.37. The number of halogens is 3. The van der Waals surface area contributed by atoms with Gasteiger partial charge in [-0.05, 0) is 12.1 Å². The topological polar surface area (TPSA) is 43.2 Å². The zero-order valence-corrected chi connectivity index (χ0v) is 12.4. The average Bonchev–Trinajstić information content (AvgIpc) is 3.01. The van der Waals surface area contributed by atoms with E-state index in [0.29, 0.717) is 5.56 Å². The highest BCUT2D eigenvalue weighted by Crippen LogP contribution is 2.58. The first-order chi connectivity index (χ1) is 11.6. The highest BCUT2D eigenvalue weighted by atomic mass is 19.1. The third-order valence-electron chi connectivity index (χ3n) is 4.14. The zero-order chi connectivity index (χ0) is 16.7. The summed E-state index contributed by atoms with van der Waals surface area (Å²) in [4.78, 5) is 0. The molecule has 2 heterocycles. The lowest BCUT2D eigenvalue weighted by molar-refractivity contribution is 0.255. The molecule has 0 radical (unpaired) electrons. The molecule has 2 atom stereocenters. The molecule has 2 aromatic carbocycles. The van der Waals surface area contributed by atoms with Crippen molar-refractivity contribution in [1.82, 2.24) is 15.0 Å². The SMILES string of the molecule is Fc1ccc([C@@]2(Cn3ccnn3)O[C@@H]2c2ccccc2F)c(F)c1. The summed E-state index contributed by atoms with van der Waals surface area (Å²) in [6, 6.07) is 9.42. The molecule has 0 spiro atoms. The Morgan fingerprint density at radius 2 is 1.92 bits per heavy atom. The molecule has 122 valence electrons. The Balaban J connectivity index is 1.79. The van der Waals surface area contributed by atoms with Crippen molar-refractivity contribution in [1.29, 1.82) is 0 Å². The van der Waals surface area contributed by atoms with Crippen molar-refractivity contribution < 1.29 is 17.9 Å². The molecule has 1 aliphatic heterocycles.